The van der Waals surface area contributed by atoms with Crippen LogP contribution >= 0.6 is 0 Å². The molecule has 7 nitrogen and oxygen atoms in total. The number of rotatable bonds is 7. The summed E-state index contributed by atoms with van der Waals surface area (Å²) in [5.74, 6) is 0.408. The number of likely N-dealkylation sites (N-methyl/N-ethyl adjacent to an activating group) is 1. The number of piperazine rings is 1. The van der Waals surface area contributed by atoms with E-state index in [0.717, 1.165) is 38.5 Å². The average Bonchev–Trinajstić information content (AvgIpc) is 2.92. The SMILES string of the molecule is CCOc1ccc(N2C(=O)CC(NCCN3CCN(C)CC3)C2=O)cc1. The van der Waals surface area contributed by atoms with Crippen LogP contribution in [-0.4, -0.2) is 80.6 Å². The van der Waals surface area contributed by atoms with Crippen molar-refractivity contribution in [1.29, 1.82) is 0 Å². The van der Waals surface area contributed by atoms with Gasteiger partial charge in [0.1, 0.15) is 5.75 Å². The molecule has 26 heavy (non-hydrogen) atoms. The lowest BCUT2D eigenvalue weighted by atomic mass is 10.2. The first-order valence-corrected chi connectivity index (χ1v) is 9.32. The van der Waals surface area contributed by atoms with Crippen molar-refractivity contribution < 1.29 is 14.3 Å². The summed E-state index contributed by atoms with van der Waals surface area (Å²) in [4.78, 5) is 31.0. The molecule has 0 saturated carbocycles. The van der Waals surface area contributed by atoms with Crippen molar-refractivity contribution in [1.82, 2.24) is 15.1 Å². The summed E-state index contributed by atoms with van der Waals surface area (Å²) in [5, 5.41) is 3.26. The minimum atomic E-state index is -0.429. The van der Waals surface area contributed by atoms with E-state index < -0.39 is 6.04 Å². The summed E-state index contributed by atoms with van der Waals surface area (Å²) in [7, 11) is 2.13. The van der Waals surface area contributed by atoms with Crippen LogP contribution in [0.1, 0.15) is 13.3 Å². The number of amides is 2. The van der Waals surface area contributed by atoms with Gasteiger partial charge in [-0.25, -0.2) is 4.90 Å². The van der Waals surface area contributed by atoms with Crippen molar-refractivity contribution in [3.8, 4) is 5.75 Å². The van der Waals surface area contributed by atoms with Gasteiger partial charge in [0.25, 0.3) is 5.91 Å². The van der Waals surface area contributed by atoms with Crippen molar-refractivity contribution in [2.45, 2.75) is 19.4 Å². The lowest BCUT2D eigenvalue weighted by molar-refractivity contribution is -0.121. The molecule has 2 aliphatic rings. The van der Waals surface area contributed by atoms with Gasteiger partial charge in [-0.3, -0.25) is 14.5 Å². The number of imide groups is 1. The molecule has 1 N–H and O–H groups in total. The summed E-state index contributed by atoms with van der Waals surface area (Å²) in [6.45, 7) is 8.36. The summed E-state index contributed by atoms with van der Waals surface area (Å²) in [6.07, 6.45) is 0.217. The van der Waals surface area contributed by atoms with Crippen molar-refractivity contribution in [2.24, 2.45) is 0 Å². The molecule has 2 aliphatic heterocycles. The number of hydrogen-bond acceptors (Lipinski definition) is 6. The van der Waals surface area contributed by atoms with Gasteiger partial charge in [-0.15, -0.1) is 0 Å². The van der Waals surface area contributed by atoms with Crippen LogP contribution in [0.25, 0.3) is 0 Å². The number of anilines is 1. The second-order valence-corrected chi connectivity index (χ2v) is 6.85. The molecule has 0 spiro atoms. The minimum Gasteiger partial charge on any atom is -0.494 e. The van der Waals surface area contributed by atoms with Crippen LogP contribution in [-0.2, 0) is 9.59 Å². The molecule has 0 aliphatic carbocycles. The number of hydrogen-bond donors (Lipinski definition) is 1. The molecule has 1 atom stereocenters. The highest BCUT2D eigenvalue weighted by Crippen LogP contribution is 2.25. The normalized spacial score (nSPS) is 22.2. The second-order valence-electron chi connectivity index (χ2n) is 6.85. The van der Waals surface area contributed by atoms with Crippen LogP contribution in [0.2, 0.25) is 0 Å². The van der Waals surface area contributed by atoms with Crippen LogP contribution in [0.3, 0.4) is 0 Å². The Hall–Kier alpha value is -1.96. The van der Waals surface area contributed by atoms with Gasteiger partial charge in [0.05, 0.1) is 24.8 Å². The Morgan fingerprint density at radius 2 is 1.81 bits per heavy atom. The molecule has 2 saturated heterocycles. The number of benzene rings is 1. The molecule has 2 fully saturated rings. The predicted octanol–water partition coefficient (Wildman–Crippen LogP) is 0.554. The van der Waals surface area contributed by atoms with Crippen molar-refractivity contribution in [2.75, 3.05) is 57.8 Å². The maximum Gasteiger partial charge on any atom is 0.251 e. The van der Waals surface area contributed by atoms with Crippen LogP contribution in [0, 0.1) is 0 Å². The highest BCUT2D eigenvalue weighted by Gasteiger charge is 2.39. The number of nitrogens with zero attached hydrogens (tertiary/aromatic N) is 3. The monoisotopic (exact) mass is 360 g/mol. The third kappa shape index (κ3) is 4.41. The molecule has 1 aromatic carbocycles. The molecule has 2 amide bonds. The fourth-order valence-corrected chi connectivity index (χ4v) is 3.39. The van der Waals surface area contributed by atoms with E-state index in [1.807, 2.05) is 6.92 Å². The Morgan fingerprint density at radius 3 is 2.46 bits per heavy atom. The lowest BCUT2D eigenvalue weighted by Gasteiger charge is -2.32. The summed E-state index contributed by atoms with van der Waals surface area (Å²) < 4.78 is 5.41. The molecule has 2 heterocycles. The third-order valence-electron chi connectivity index (χ3n) is 4.97. The van der Waals surface area contributed by atoms with Gasteiger partial charge in [-0.05, 0) is 38.2 Å². The maximum absolute atomic E-state index is 12.6. The number of nitrogens with one attached hydrogen (secondary N) is 1. The van der Waals surface area contributed by atoms with Crippen molar-refractivity contribution in [3.05, 3.63) is 24.3 Å². The quantitative estimate of drug-likeness (QED) is 0.717. The van der Waals surface area contributed by atoms with Gasteiger partial charge in [0.2, 0.25) is 5.91 Å². The van der Waals surface area contributed by atoms with Gasteiger partial charge in [-0.1, -0.05) is 0 Å². The lowest BCUT2D eigenvalue weighted by Crippen LogP contribution is -2.48. The van der Waals surface area contributed by atoms with E-state index in [1.165, 1.54) is 4.90 Å². The molecule has 0 radical (unpaired) electrons. The Balaban J connectivity index is 1.51. The Labute approximate surface area is 154 Å². The molecule has 0 aromatic heterocycles. The number of ether oxygens (including phenoxy) is 1. The van der Waals surface area contributed by atoms with Crippen LogP contribution in [0.5, 0.6) is 5.75 Å². The van der Waals surface area contributed by atoms with Gasteiger partial charge < -0.3 is 15.0 Å². The fraction of sp³-hybridized carbons (Fsp3) is 0.579. The topological polar surface area (TPSA) is 65.1 Å². The van der Waals surface area contributed by atoms with Gasteiger partial charge >= 0.3 is 0 Å². The highest BCUT2D eigenvalue weighted by atomic mass is 16.5. The average molecular weight is 360 g/mol. The van der Waals surface area contributed by atoms with E-state index in [1.54, 1.807) is 24.3 Å². The first-order valence-electron chi connectivity index (χ1n) is 9.32. The van der Waals surface area contributed by atoms with Crippen molar-refractivity contribution >= 4 is 17.5 Å². The minimum absolute atomic E-state index is 0.156. The summed E-state index contributed by atoms with van der Waals surface area (Å²) >= 11 is 0. The molecule has 1 unspecified atom stereocenters. The Morgan fingerprint density at radius 1 is 1.12 bits per heavy atom. The molecule has 142 valence electrons. The van der Waals surface area contributed by atoms with Crippen molar-refractivity contribution in [3.63, 3.8) is 0 Å². The maximum atomic E-state index is 12.6. The zero-order valence-electron chi connectivity index (χ0n) is 15.6. The number of carbonyl (C=O) groups excluding carboxylic acids is 2. The van der Waals surface area contributed by atoms with E-state index >= 15 is 0 Å². The zero-order valence-corrected chi connectivity index (χ0v) is 15.6. The van der Waals surface area contributed by atoms with E-state index in [4.69, 9.17) is 4.74 Å². The molecule has 1 aromatic rings. The molecular formula is C19H28N4O3. The van der Waals surface area contributed by atoms with E-state index in [-0.39, 0.29) is 18.2 Å². The zero-order chi connectivity index (χ0) is 18.5. The highest BCUT2D eigenvalue weighted by molar-refractivity contribution is 6.22. The molecule has 0 bridgehead atoms. The third-order valence-corrected chi connectivity index (χ3v) is 4.97. The standard InChI is InChI=1S/C19H28N4O3/c1-3-26-16-6-4-15(5-7-16)23-18(24)14-17(19(23)25)20-8-9-22-12-10-21(2)11-13-22/h4-7,17,20H,3,8-14H2,1-2H3. The van der Waals surface area contributed by atoms with E-state index in [2.05, 4.69) is 22.2 Å². The van der Waals surface area contributed by atoms with Gasteiger partial charge in [0, 0.05) is 39.3 Å². The van der Waals surface area contributed by atoms with Gasteiger partial charge in [-0.2, -0.15) is 0 Å². The first-order chi connectivity index (χ1) is 12.6. The van der Waals surface area contributed by atoms with E-state index in [9.17, 15) is 9.59 Å². The number of carbonyl (C=O) groups is 2. The Bertz CT molecular complexity index is 626. The van der Waals surface area contributed by atoms with Crippen LogP contribution < -0.4 is 15.0 Å². The molecular weight excluding hydrogens is 332 g/mol. The van der Waals surface area contributed by atoms with Crippen LogP contribution in [0.4, 0.5) is 5.69 Å². The fourth-order valence-electron chi connectivity index (χ4n) is 3.39. The van der Waals surface area contributed by atoms with E-state index in [0.29, 0.717) is 18.8 Å². The second kappa shape index (κ2) is 8.62. The molecule has 7 heteroatoms. The summed E-state index contributed by atoms with van der Waals surface area (Å²) in [6, 6.07) is 6.66. The van der Waals surface area contributed by atoms with Gasteiger partial charge in [0.15, 0.2) is 0 Å². The largest absolute Gasteiger partial charge is 0.494 e. The smallest absolute Gasteiger partial charge is 0.251 e. The Kier molecular flexibility index (Phi) is 6.24. The summed E-state index contributed by atoms with van der Waals surface area (Å²) in [5.41, 5.74) is 0.604. The van der Waals surface area contributed by atoms with Crippen LogP contribution in [0.15, 0.2) is 24.3 Å². The first kappa shape index (κ1) is 18.8. The molecule has 3 rings (SSSR count). The predicted molar refractivity (Wildman–Crippen MR) is 100 cm³/mol.